The summed E-state index contributed by atoms with van der Waals surface area (Å²) in [4.78, 5) is 0. The second kappa shape index (κ2) is 11.5. The molecule has 1 heteroatoms. The number of ether oxygens (including phenoxy) is 1. The molecule has 1 nitrogen and oxygen atoms in total. The molecule has 2 aromatic carbocycles. The van der Waals surface area contributed by atoms with Gasteiger partial charge in [0.25, 0.3) is 0 Å². The standard InChI is InChI=1S/C27H40O/c1-3-5-6-7-8-9-19-28-27-18-17-25-20-24(15-16-26(25)21-27)23-13-11-22(10-4-2)12-14-23/h15-18,20-23H,3-14,19H2,1-2H3. The van der Waals surface area contributed by atoms with Gasteiger partial charge in [0.05, 0.1) is 6.61 Å². The van der Waals surface area contributed by atoms with Gasteiger partial charge in [0, 0.05) is 0 Å². The van der Waals surface area contributed by atoms with Crippen LogP contribution in [0.5, 0.6) is 5.75 Å². The largest absolute Gasteiger partial charge is 0.494 e. The minimum Gasteiger partial charge on any atom is -0.494 e. The van der Waals surface area contributed by atoms with Crippen LogP contribution in [-0.2, 0) is 0 Å². The van der Waals surface area contributed by atoms with E-state index in [0.717, 1.165) is 24.2 Å². The first-order chi connectivity index (χ1) is 13.8. The van der Waals surface area contributed by atoms with Crippen molar-refractivity contribution in [2.75, 3.05) is 6.61 Å². The first-order valence-corrected chi connectivity index (χ1v) is 12.0. The number of hydrogen-bond acceptors (Lipinski definition) is 1. The summed E-state index contributed by atoms with van der Waals surface area (Å²) in [5.74, 6) is 2.77. The number of unbranched alkanes of at least 4 members (excludes halogenated alkanes) is 5. The van der Waals surface area contributed by atoms with Crippen molar-refractivity contribution >= 4 is 10.8 Å². The monoisotopic (exact) mass is 380 g/mol. The second-order valence-electron chi connectivity index (χ2n) is 8.89. The van der Waals surface area contributed by atoms with Crippen LogP contribution in [0.1, 0.15) is 102 Å². The Bertz CT molecular complexity index is 696. The Balaban J connectivity index is 1.50. The number of hydrogen-bond donors (Lipinski definition) is 0. The first kappa shape index (κ1) is 21.2. The number of rotatable bonds is 11. The van der Waals surface area contributed by atoms with Gasteiger partial charge < -0.3 is 4.74 Å². The van der Waals surface area contributed by atoms with E-state index in [2.05, 4.69) is 50.2 Å². The van der Waals surface area contributed by atoms with Gasteiger partial charge in [-0.1, -0.05) is 83.1 Å². The van der Waals surface area contributed by atoms with Crippen molar-refractivity contribution < 1.29 is 4.74 Å². The van der Waals surface area contributed by atoms with Gasteiger partial charge in [-0.3, -0.25) is 0 Å². The van der Waals surface area contributed by atoms with Crippen LogP contribution in [-0.4, -0.2) is 6.61 Å². The van der Waals surface area contributed by atoms with Crippen LogP contribution in [0.15, 0.2) is 36.4 Å². The van der Waals surface area contributed by atoms with Crippen LogP contribution in [0, 0.1) is 5.92 Å². The molecule has 0 atom stereocenters. The van der Waals surface area contributed by atoms with Gasteiger partial charge in [-0.2, -0.15) is 0 Å². The number of benzene rings is 2. The lowest BCUT2D eigenvalue weighted by atomic mass is 9.77. The summed E-state index contributed by atoms with van der Waals surface area (Å²) >= 11 is 0. The van der Waals surface area contributed by atoms with E-state index in [1.54, 1.807) is 5.56 Å². The molecule has 154 valence electrons. The summed E-state index contributed by atoms with van der Waals surface area (Å²) in [7, 11) is 0. The summed E-state index contributed by atoms with van der Waals surface area (Å²) in [5, 5.41) is 2.67. The van der Waals surface area contributed by atoms with Gasteiger partial charge in [-0.25, -0.2) is 0 Å². The normalized spacial score (nSPS) is 19.8. The minimum absolute atomic E-state index is 0.765. The Morgan fingerprint density at radius 3 is 2.25 bits per heavy atom. The van der Waals surface area contributed by atoms with Crippen molar-refractivity contribution in [3.63, 3.8) is 0 Å². The molecule has 28 heavy (non-hydrogen) atoms. The minimum atomic E-state index is 0.765. The molecule has 0 spiro atoms. The summed E-state index contributed by atoms with van der Waals surface area (Å²) < 4.78 is 6.00. The van der Waals surface area contributed by atoms with Crippen LogP contribution in [0.3, 0.4) is 0 Å². The average molecular weight is 381 g/mol. The van der Waals surface area contributed by atoms with Gasteiger partial charge in [-0.15, -0.1) is 0 Å². The molecule has 0 saturated heterocycles. The van der Waals surface area contributed by atoms with Crippen molar-refractivity contribution in [2.45, 2.75) is 96.8 Å². The highest BCUT2D eigenvalue weighted by Crippen LogP contribution is 2.38. The van der Waals surface area contributed by atoms with Gasteiger partial charge in [-0.05, 0) is 72.4 Å². The molecular weight excluding hydrogens is 340 g/mol. The van der Waals surface area contributed by atoms with Crippen LogP contribution in [0.2, 0.25) is 0 Å². The van der Waals surface area contributed by atoms with Gasteiger partial charge >= 0.3 is 0 Å². The van der Waals surface area contributed by atoms with Crippen molar-refractivity contribution in [3.8, 4) is 5.75 Å². The maximum atomic E-state index is 6.00. The molecule has 0 aromatic heterocycles. The van der Waals surface area contributed by atoms with Gasteiger partial charge in [0.15, 0.2) is 0 Å². The van der Waals surface area contributed by atoms with E-state index in [9.17, 15) is 0 Å². The molecule has 2 aromatic rings. The lowest BCUT2D eigenvalue weighted by Gasteiger charge is -2.28. The number of fused-ring (bicyclic) bond motifs is 1. The summed E-state index contributed by atoms with van der Waals surface area (Å²) in [6, 6.07) is 13.7. The molecule has 1 aliphatic rings. The fourth-order valence-corrected chi connectivity index (χ4v) is 4.85. The quantitative estimate of drug-likeness (QED) is 0.354. The van der Waals surface area contributed by atoms with Crippen LogP contribution >= 0.6 is 0 Å². The fourth-order valence-electron chi connectivity index (χ4n) is 4.85. The summed E-state index contributed by atoms with van der Waals surface area (Å²) in [5.41, 5.74) is 1.54. The van der Waals surface area contributed by atoms with Crippen molar-refractivity contribution in [1.82, 2.24) is 0 Å². The van der Waals surface area contributed by atoms with E-state index in [1.807, 2.05) is 0 Å². The zero-order valence-electron chi connectivity index (χ0n) is 18.2. The van der Waals surface area contributed by atoms with Crippen molar-refractivity contribution in [3.05, 3.63) is 42.0 Å². The molecule has 1 saturated carbocycles. The van der Waals surface area contributed by atoms with E-state index >= 15 is 0 Å². The maximum Gasteiger partial charge on any atom is 0.119 e. The fraction of sp³-hybridized carbons (Fsp3) is 0.630. The van der Waals surface area contributed by atoms with E-state index in [1.165, 1.54) is 87.8 Å². The maximum absolute atomic E-state index is 6.00. The highest BCUT2D eigenvalue weighted by molar-refractivity contribution is 5.84. The molecule has 0 unspecified atom stereocenters. The molecule has 3 rings (SSSR count). The van der Waals surface area contributed by atoms with Gasteiger partial charge in [0.1, 0.15) is 5.75 Å². The van der Waals surface area contributed by atoms with E-state index < -0.39 is 0 Å². The zero-order valence-corrected chi connectivity index (χ0v) is 18.2. The third kappa shape index (κ3) is 6.26. The molecule has 0 bridgehead atoms. The third-order valence-corrected chi connectivity index (χ3v) is 6.62. The second-order valence-corrected chi connectivity index (χ2v) is 8.89. The Kier molecular flexibility index (Phi) is 8.70. The van der Waals surface area contributed by atoms with Gasteiger partial charge in [0.2, 0.25) is 0 Å². The Hall–Kier alpha value is -1.50. The predicted octanol–water partition coefficient (Wildman–Crippen LogP) is 8.65. The van der Waals surface area contributed by atoms with E-state index in [0.29, 0.717) is 0 Å². The Morgan fingerprint density at radius 2 is 1.46 bits per heavy atom. The molecule has 0 radical (unpaired) electrons. The molecule has 0 N–H and O–H groups in total. The molecule has 1 aliphatic carbocycles. The molecule has 0 heterocycles. The molecular formula is C27H40O. The van der Waals surface area contributed by atoms with Crippen molar-refractivity contribution in [1.29, 1.82) is 0 Å². The Morgan fingerprint density at radius 1 is 0.750 bits per heavy atom. The Labute approximate surface area is 172 Å². The highest BCUT2D eigenvalue weighted by Gasteiger charge is 2.21. The lowest BCUT2D eigenvalue weighted by Crippen LogP contribution is -2.13. The van der Waals surface area contributed by atoms with E-state index in [-0.39, 0.29) is 0 Å². The van der Waals surface area contributed by atoms with Crippen LogP contribution in [0.25, 0.3) is 10.8 Å². The molecule has 1 fully saturated rings. The third-order valence-electron chi connectivity index (χ3n) is 6.62. The smallest absolute Gasteiger partial charge is 0.119 e. The zero-order chi connectivity index (χ0) is 19.6. The predicted molar refractivity (Wildman–Crippen MR) is 122 cm³/mol. The summed E-state index contributed by atoms with van der Waals surface area (Å²) in [6.07, 6.45) is 16.2. The summed E-state index contributed by atoms with van der Waals surface area (Å²) in [6.45, 7) is 5.43. The topological polar surface area (TPSA) is 9.23 Å². The SMILES string of the molecule is CCCCCCCCOc1ccc2cc(C3CCC(CCC)CC3)ccc2c1. The lowest BCUT2D eigenvalue weighted by molar-refractivity contribution is 0.304. The van der Waals surface area contributed by atoms with Crippen LogP contribution < -0.4 is 4.74 Å². The van der Waals surface area contributed by atoms with E-state index in [4.69, 9.17) is 4.74 Å². The van der Waals surface area contributed by atoms with Crippen LogP contribution in [0.4, 0.5) is 0 Å². The highest BCUT2D eigenvalue weighted by atomic mass is 16.5. The molecule has 0 amide bonds. The van der Waals surface area contributed by atoms with Crippen molar-refractivity contribution in [2.24, 2.45) is 5.92 Å². The molecule has 0 aliphatic heterocycles. The first-order valence-electron chi connectivity index (χ1n) is 12.0. The average Bonchev–Trinajstić information content (AvgIpc) is 2.73.